The minimum atomic E-state index is -0.861. The van der Waals surface area contributed by atoms with E-state index in [4.69, 9.17) is 18.9 Å². The van der Waals surface area contributed by atoms with E-state index in [-0.39, 0.29) is 0 Å². The highest BCUT2D eigenvalue weighted by molar-refractivity contribution is 4.73. The molecule has 0 bridgehead atoms. The quantitative estimate of drug-likeness (QED) is 0.272. The predicted molar refractivity (Wildman–Crippen MR) is 81.5 cm³/mol. The first-order chi connectivity index (χ1) is 9.60. The molecule has 0 saturated heterocycles. The number of unbranched alkanes of at least 4 members (excludes halogenated alkanes) is 6. The molecular formula is C16H32O4. The number of hydrogen-bond acceptors (Lipinski definition) is 4. The van der Waals surface area contributed by atoms with Gasteiger partial charge in [0.05, 0.1) is 12.4 Å². The molecule has 0 aliphatic carbocycles. The van der Waals surface area contributed by atoms with Gasteiger partial charge < -0.3 is 18.9 Å². The second-order valence-electron chi connectivity index (χ2n) is 5.07. The normalized spacial score (nSPS) is 11.6. The van der Waals surface area contributed by atoms with Gasteiger partial charge in [-0.2, -0.15) is 0 Å². The summed E-state index contributed by atoms with van der Waals surface area (Å²) in [7, 11) is 4.83. The Hall–Kier alpha value is -0.580. The molecule has 0 aliphatic heterocycles. The third kappa shape index (κ3) is 9.34. The summed E-state index contributed by atoms with van der Waals surface area (Å²) in [5.74, 6) is -0.0530. The summed E-state index contributed by atoms with van der Waals surface area (Å²) in [4.78, 5) is 0. The van der Waals surface area contributed by atoms with Crippen molar-refractivity contribution in [2.24, 2.45) is 0 Å². The summed E-state index contributed by atoms with van der Waals surface area (Å²) >= 11 is 0. The fraction of sp³-hybridized carbons (Fsp3) is 0.875. The minimum Gasteiger partial charge on any atom is -0.499 e. The molecule has 0 aromatic carbocycles. The van der Waals surface area contributed by atoms with Crippen LogP contribution in [0.3, 0.4) is 0 Å². The van der Waals surface area contributed by atoms with E-state index in [0.29, 0.717) is 0 Å². The molecule has 20 heavy (non-hydrogen) atoms. The third-order valence-electron chi connectivity index (χ3n) is 3.41. The van der Waals surface area contributed by atoms with E-state index in [1.54, 1.807) is 21.3 Å². The van der Waals surface area contributed by atoms with Crippen molar-refractivity contribution in [1.82, 2.24) is 0 Å². The van der Waals surface area contributed by atoms with Crippen LogP contribution in [0.15, 0.2) is 12.3 Å². The number of hydrogen-bond donors (Lipinski definition) is 0. The highest BCUT2D eigenvalue weighted by Crippen LogP contribution is 2.21. The van der Waals surface area contributed by atoms with Gasteiger partial charge in [0.25, 0.3) is 5.97 Å². The SMILES string of the molecule is C=C(C)OCCCCCCCCCC(OC)(OC)OC. The Balaban J connectivity index is 3.38. The molecule has 0 aromatic heterocycles. The van der Waals surface area contributed by atoms with E-state index < -0.39 is 5.97 Å². The predicted octanol–water partition coefficient (Wildman–Crippen LogP) is 4.25. The Bertz CT molecular complexity index is 228. The lowest BCUT2D eigenvalue weighted by atomic mass is 10.1. The highest BCUT2D eigenvalue weighted by atomic mass is 16.9. The van der Waals surface area contributed by atoms with Crippen molar-refractivity contribution in [3.63, 3.8) is 0 Å². The Morgan fingerprint density at radius 1 is 0.800 bits per heavy atom. The fourth-order valence-electron chi connectivity index (χ4n) is 2.13. The highest BCUT2D eigenvalue weighted by Gasteiger charge is 2.28. The van der Waals surface area contributed by atoms with Crippen molar-refractivity contribution >= 4 is 0 Å². The van der Waals surface area contributed by atoms with Crippen LogP contribution < -0.4 is 0 Å². The monoisotopic (exact) mass is 288 g/mol. The average Bonchev–Trinajstić information content (AvgIpc) is 2.45. The zero-order chi connectivity index (χ0) is 15.3. The average molecular weight is 288 g/mol. The Labute approximate surface area is 124 Å². The maximum absolute atomic E-state index is 5.33. The zero-order valence-electron chi connectivity index (χ0n) is 13.7. The first-order valence-electron chi connectivity index (χ1n) is 7.54. The topological polar surface area (TPSA) is 36.9 Å². The van der Waals surface area contributed by atoms with Crippen LogP contribution in [-0.2, 0) is 18.9 Å². The summed E-state index contributed by atoms with van der Waals surface area (Å²) < 4.78 is 21.1. The summed E-state index contributed by atoms with van der Waals surface area (Å²) in [5.41, 5.74) is 0. The van der Waals surface area contributed by atoms with E-state index in [9.17, 15) is 0 Å². The standard InChI is InChI=1S/C16H32O4/c1-15(2)20-14-12-10-8-6-7-9-11-13-16(17-3,18-4)19-5/h1,6-14H2,2-5H3. The van der Waals surface area contributed by atoms with Gasteiger partial charge in [0.1, 0.15) is 0 Å². The van der Waals surface area contributed by atoms with Gasteiger partial charge in [-0.25, -0.2) is 0 Å². The molecule has 0 N–H and O–H groups in total. The van der Waals surface area contributed by atoms with Crippen LogP contribution in [-0.4, -0.2) is 33.9 Å². The van der Waals surface area contributed by atoms with E-state index in [1.165, 1.54) is 32.1 Å². The Morgan fingerprint density at radius 3 is 1.70 bits per heavy atom. The first-order valence-corrected chi connectivity index (χ1v) is 7.54. The first kappa shape index (κ1) is 19.4. The van der Waals surface area contributed by atoms with Crippen LogP contribution in [0.2, 0.25) is 0 Å². The van der Waals surface area contributed by atoms with E-state index in [0.717, 1.165) is 31.6 Å². The minimum absolute atomic E-state index is 0.767. The zero-order valence-corrected chi connectivity index (χ0v) is 13.7. The van der Waals surface area contributed by atoms with Crippen molar-refractivity contribution in [2.75, 3.05) is 27.9 Å². The lowest BCUT2D eigenvalue weighted by molar-refractivity contribution is -0.355. The third-order valence-corrected chi connectivity index (χ3v) is 3.41. The summed E-state index contributed by atoms with van der Waals surface area (Å²) in [6.45, 7) is 6.40. The van der Waals surface area contributed by atoms with Gasteiger partial charge in [0.2, 0.25) is 0 Å². The molecule has 0 atom stereocenters. The van der Waals surface area contributed by atoms with Crippen LogP contribution in [0.5, 0.6) is 0 Å². The van der Waals surface area contributed by atoms with Crippen molar-refractivity contribution < 1.29 is 18.9 Å². The Morgan fingerprint density at radius 2 is 1.25 bits per heavy atom. The van der Waals surface area contributed by atoms with Crippen LogP contribution in [0.1, 0.15) is 58.3 Å². The van der Waals surface area contributed by atoms with Crippen LogP contribution in [0.25, 0.3) is 0 Å². The van der Waals surface area contributed by atoms with Crippen LogP contribution in [0, 0.1) is 0 Å². The second kappa shape index (κ2) is 12.2. The van der Waals surface area contributed by atoms with Crippen LogP contribution in [0.4, 0.5) is 0 Å². The van der Waals surface area contributed by atoms with Crippen molar-refractivity contribution in [3.8, 4) is 0 Å². The molecule has 0 aliphatic rings. The molecule has 0 heterocycles. The van der Waals surface area contributed by atoms with E-state index in [2.05, 4.69) is 6.58 Å². The maximum atomic E-state index is 5.33. The fourth-order valence-corrected chi connectivity index (χ4v) is 2.13. The lowest BCUT2D eigenvalue weighted by Gasteiger charge is -2.28. The van der Waals surface area contributed by atoms with Gasteiger partial charge in [-0.05, 0) is 19.8 Å². The molecule has 0 rings (SSSR count). The maximum Gasteiger partial charge on any atom is 0.282 e. The van der Waals surface area contributed by atoms with Crippen molar-refractivity contribution in [2.45, 2.75) is 64.3 Å². The number of rotatable bonds is 14. The molecule has 0 spiro atoms. The summed E-state index contributed by atoms with van der Waals surface area (Å²) in [6, 6.07) is 0. The van der Waals surface area contributed by atoms with E-state index >= 15 is 0 Å². The van der Waals surface area contributed by atoms with Gasteiger partial charge in [-0.15, -0.1) is 0 Å². The lowest BCUT2D eigenvalue weighted by Crippen LogP contribution is -2.35. The molecular weight excluding hydrogens is 256 g/mol. The molecule has 0 saturated carbocycles. The molecule has 4 heteroatoms. The molecule has 4 nitrogen and oxygen atoms in total. The number of allylic oxidation sites excluding steroid dienone is 1. The van der Waals surface area contributed by atoms with Gasteiger partial charge in [-0.3, -0.25) is 0 Å². The van der Waals surface area contributed by atoms with Gasteiger partial charge in [-0.1, -0.05) is 38.7 Å². The van der Waals surface area contributed by atoms with Crippen LogP contribution >= 0.6 is 0 Å². The Kier molecular flexibility index (Phi) is 11.8. The summed E-state index contributed by atoms with van der Waals surface area (Å²) in [6.07, 6.45) is 9.13. The van der Waals surface area contributed by atoms with Crippen molar-refractivity contribution in [3.05, 3.63) is 12.3 Å². The largest absolute Gasteiger partial charge is 0.499 e. The number of methoxy groups -OCH3 is 3. The van der Waals surface area contributed by atoms with Crippen molar-refractivity contribution in [1.29, 1.82) is 0 Å². The molecule has 0 unspecified atom stereocenters. The number of ether oxygens (including phenoxy) is 4. The molecule has 0 aromatic rings. The van der Waals surface area contributed by atoms with Gasteiger partial charge >= 0.3 is 0 Å². The van der Waals surface area contributed by atoms with E-state index in [1.807, 2.05) is 6.92 Å². The molecule has 120 valence electrons. The summed E-state index contributed by atoms with van der Waals surface area (Å²) in [5, 5.41) is 0. The molecule has 0 fully saturated rings. The second-order valence-corrected chi connectivity index (χ2v) is 5.07. The smallest absolute Gasteiger partial charge is 0.282 e. The van der Waals surface area contributed by atoms with Gasteiger partial charge in [0, 0.05) is 27.8 Å². The molecule has 0 amide bonds. The van der Waals surface area contributed by atoms with Gasteiger partial charge in [0.15, 0.2) is 0 Å². The molecule has 0 radical (unpaired) electrons.